The Labute approximate surface area is 185 Å². The van der Waals surface area contributed by atoms with E-state index in [2.05, 4.69) is 0 Å². The minimum atomic E-state index is -1.53. The summed E-state index contributed by atoms with van der Waals surface area (Å²) in [5, 5.41) is 41.6. The molecule has 0 aliphatic rings. The predicted molar refractivity (Wildman–Crippen MR) is 82.5 cm³/mol. The van der Waals surface area contributed by atoms with Gasteiger partial charge in [0.25, 0.3) is 0 Å². The first kappa shape index (κ1) is 50.2. The minimum absolute atomic E-state index is 0. The maximum Gasteiger partial charge on any atom is 2.00 e. The zero-order valence-corrected chi connectivity index (χ0v) is 17.1. The number of hydrogen-bond donors (Lipinski definition) is 0. The Balaban J connectivity index is -0.0000000860. The summed E-state index contributed by atoms with van der Waals surface area (Å²) in [4.78, 5) is 43.4. The molecule has 15 nitrogen and oxygen atoms in total. The van der Waals surface area contributed by atoms with Crippen molar-refractivity contribution in [3.05, 3.63) is 0 Å². The Morgan fingerprint density at radius 1 is 0.481 bits per heavy atom. The molecule has 0 bridgehead atoms. The summed E-state index contributed by atoms with van der Waals surface area (Å²) in [6, 6.07) is 0. The van der Waals surface area contributed by atoms with Crippen LogP contribution < -0.4 is 20.4 Å². The molecule has 0 aliphatic carbocycles. The molecular weight excluding hydrogens is 405 g/mol. The van der Waals surface area contributed by atoms with Crippen molar-refractivity contribution in [3.8, 4) is 0 Å². The Kier molecular flexibility index (Phi) is 50.9. The fourth-order valence-electron chi connectivity index (χ4n) is 1.44. The molecule has 0 amide bonds. The summed E-state index contributed by atoms with van der Waals surface area (Å²) in [6.45, 7) is -3.25. The second kappa shape index (κ2) is 27.4. The smallest absolute Gasteiger partial charge is 0.549 e. The van der Waals surface area contributed by atoms with Crippen LogP contribution in [0.4, 0.5) is 0 Å². The van der Waals surface area contributed by atoms with Gasteiger partial charge in [-0.1, -0.05) is 0 Å². The van der Waals surface area contributed by atoms with Crippen LogP contribution in [0.5, 0.6) is 0 Å². The number of carboxylic acids is 4. The van der Waals surface area contributed by atoms with E-state index >= 15 is 0 Å². The van der Waals surface area contributed by atoms with E-state index in [1.54, 1.807) is 0 Å². The zero-order valence-electron chi connectivity index (χ0n) is 14.3. The van der Waals surface area contributed by atoms with Crippen LogP contribution in [0.25, 0.3) is 0 Å². The van der Waals surface area contributed by atoms with Crippen LogP contribution >= 0.6 is 0 Å². The van der Waals surface area contributed by atoms with Crippen molar-refractivity contribution in [2.45, 2.75) is 0 Å². The number of aliphatic carboxylic acids is 4. The second-order valence-corrected chi connectivity index (χ2v) is 3.91. The van der Waals surface area contributed by atoms with Crippen molar-refractivity contribution in [2.75, 3.05) is 39.3 Å². The molecule has 0 aromatic heterocycles. The van der Waals surface area contributed by atoms with Gasteiger partial charge in [-0.2, -0.15) is 0 Å². The van der Waals surface area contributed by atoms with Crippen molar-refractivity contribution in [3.63, 3.8) is 0 Å². The molecule has 0 saturated carbocycles. The quantitative estimate of drug-likeness (QED) is 0.280. The molecule has 0 aromatic carbocycles. The van der Waals surface area contributed by atoms with Gasteiger partial charge in [-0.05, 0) is 0 Å². The Bertz CT molecular complexity index is 331. The van der Waals surface area contributed by atoms with Crippen LogP contribution in [0.1, 0.15) is 0 Å². The normalized spacial score (nSPS) is 7.93. The van der Waals surface area contributed by atoms with Crippen LogP contribution in [0.3, 0.4) is 0 Å². The van der Waals surface area contributed by atoms with Crippen LogP contribution in [0, 0.1) is 0 Å². The topological polar surface area (TPSA) is 324 Å². The molecule has 0 aromatic rings. The third kappa shape index (κ3) is 33.2. The number of rotatable bonds is 11. The van der Waals surface area contributed by atoms with E-state index in [4.69, 9.17) is 0 Å². The van der Waals surface area contributed by atoms with Crippen molar-refractivity contribution in [1.82, 2.24) is 9.80 Å². The predicted octanol–water partition coefficient (Wildman–Crippen LogP) is -12.3. The Morgan fingerprint density at radius 3 is 0.741 bits per heavy atom. The van der Waals surface area contributed by atoms with Crippen LogP contribution in [-0.2, 0) is 19.2 Å². The second-order valence-electron chi connectivity index (χ2n) is 3.91. The Morgan fingerprint density at radius 2 is 0.630 bits per heavy atom. The summed E-state index contributed by atoms with van der Waals surface area (Å²) in [5.41, 5.74) is 0. The van der Waals surface area contributed by atoms with Crippen LogP contribution in [0.15, 0.2) is 0 Å². The van der Waals surface area contributed by atoms with Crippen molar-refractivity contribution >= 4 is 70.0 Å². The average Bonchev–Trinajstić information content (AvgIpc) is 2.22. The molecule has 10 N–H and O–H groups in total. The molecule has 0 spiro atoms. The first-order chi connectivity index (χ1) is 9.20. The molecule has 154 valence electrons. The SMILES string of the molecule is O.O.O.O.O.O=C([O-])CN(CCN(CC(=O)[O-])CC(=O)[O-])CC(=O)[O-].[Mg+2].[Mg+2]. The molecule has 17 heteroatoms. The van der Waals surface area contributed by atoms with E-state index in [-0.39, 0.29) is 86.6 Å². The number of carboxylic acid groups (broad SMARTS) is 4. The van der Waals surface area contributed by atoms with Crippen molar-refractivity contribution < 1.29 is 67.0 Å². The van der Waals surface area contributed by atoms with Gasteiger partial charge >= 0.3 is 46.1 Å². The molecular formula is C10H22Mg2N2O13. The Hall–Kier alpha value is -0.868. The van der Waals surface area contributed by atoms with Gasteiger partial charge < -0.3 is 67.0 Å². The molecule has 0 fully saturated rings. The van der Waals surface area contributed by atoms with E-state index in [1.165, 1.54) is 0 Å². The fourth-order valence-corrected chi connectivity index (χ4v) is 1.44. The molecule has 27 heavy (non-hydrogen) atoms. The summed E-state index contributed by atoms with van der Waals surface area (Å²) in [6.07, 6.45) is 0. The van der Waals surface area contributed by atoms with Gasteiger partial charge in [-0.15, -0.1) is 0 Å². The third-order valence-corrected chi connectivity index (χ3v) is 2.14. The van der Waals surface area contributed by atoms with E-state index in [9.17, 15) is 39.6 Å². The first-order valence-electron chi connectivity index (χ1n) is 5.44. The third-order valence-electron chi connectivity index (χ3n) is 2.14. The summed E-state index contributed by atoms with van der Waals surface area (Å²) in [7, 11) is 0. The molecule has 0 rings (SSSR count). The van der Waals surface area contributed by atoms with Gasteiger partial charge in [0, 0.05) is 39.3 Å². The summed E-state index contributed by atoms with van der Waals surface area (Å²) < 4.78 is 0. The number of hydrogen-bond acceptors (Lipinski definition) is 10. The van der Waals surface area contributed by atoms with Gasteiger partial charge in [0.15, 0.2) is 0 Å². The number of nitrogens with zero attached hydrogens (tertiary/aromatic N) is 2. The van der Waals surface area contributed by atoms with Gasteiger partial charge in [0.2, 0.25) is 0 Å². The van der Waals surface area contributed by atoms with E-state index < -0.39 is 50.1 Å². The van der Waals surface area contributed by atoms with Gasteiger partial charge in [0.05, 0.1) is 23.9 Å². The number of carbonyl (C=O) groups is 4. The standard InChI is InChI=1S/C10H16N2O8.2Mg.5H2O/c13-7(14)3-11(4-8(15)16)1-2-12(5-9(17)18)6-10(19)20;;;;;;;/h1-6H2,(H,13,14)(H,15,16)(H,17,18)(H,19,20);;;5*1H2/q;2*+2;;;;;/p-4. The molecule has 0 atom stereocenters. The van der Waals surface area contributed by atoms with Gasteiger partial charge in [0.1, 0.15) is 0 Å². The molecule has 0 radical (unpaired) electrons. The van der Waals surface area contributed by atoms with E-state index in [1.807, 2.05) is 0 Å². The van der Waals surface area contributed by atoms with Crippen LogP contribution in [-0.4, -0.2) is 146 Å². The first-order valence-corrected chi connectivity index (χ1v) is 5.44. The van der Waals surface area contributed by atoms with E-state index in [0.717, 1.165) is 9.80 Å². The summed E-state index contributed by atoms with van der Waals surface area (Å²) in [5.74, 6) is -6.12. The van der Waals surface area contributed by atoms with Crippen molar-refractivity contribution in [1.29, 1.82) is 0 Å². The van der Waals surface area contributed by atoms with Crippen molar-refractivity contribution in [2.24, 2.45) is 0 Å². The fraction of sp³-hybridized carbons (Fsp3) is 0.600. The molecule has 0 aliphatic heterocycles. The molecule has 0 heterocycles. The maximum atomic E-state index is 10.4. The monoisotopic (exact) mass is 426 g/mol. The minimum Gasteiger partial charge on any atom is -0.549 e. The average molecular weight is 427 g/mol. The van der Waals surface area contributed by atoms with Gasteiger partial charge in [-0.25, -0.2) is 0 Å². The maximum absolute atomic E-state index is 10.4. The molecule has 0 saturated heterocycles. The van der Waals surface area contributed by atoms with Crippen LogP contribution in [0.2, 0.25) is 0 Å². The number of carbonyl (C=O) groups excluding carboxylic acids is 4. The zero-order chi connectivity index (χ0) is 15.7. The van der Waals surface area contributed by atoms with Gasteiger partial charge in [-0.3, -0.25) is 9.80 Å². The molecule has 0 unspecified atom stereocenters. The largest absolute Gasteiger partial charge is 2.00 e. The summed E-state index contributed by atoms with van der Waals surface area (Å²) >= 11 is 0. The van der Waals surface area contributed by atoms with E-state index in [0.29, 0.717) is 0 Å².